The van der Waals surface area contributed by atoms with Gasteiger partial charge in [-0.25, -0.2) is 0 Å². The molecule has 0 radical (unpaired) electrons. The largest absolute Gasteiger partial charge is 0.493 e. The third-order valence-electron chi connectivity index (χ3n) is 3.73. The van der Waals surface area contributed by atoms with Crippen molar-refractivity contribution in [2.45, 2.75) is 6.92 Å². The van der Waals surface area contributed by atoms with E-state index in [1.807, 2.05) is 31.2 Å². The molecule has 2 rings (SSSR count). The number of ether oxygens (including phenoxy) is 2. The molecule has 0 unspecified atom stereocenters. The van der Waals surface area contributed by atoms with Crippen molar-refractivity contribution in [1.82, 2.24) is 4.90 Å². The summed E-state index contributed by atoms with van der Waals surface area (Å²) in [5, 5.41) is 2.74. The highest BCUT2D eigenvalue weighted by Crippen LogP contribution is 2.28. The molecule has 1 N–H and O–H groups in total. The number of methoxy groups -OCH3 is 1. The Morgan fingerprint density at radius 2 is 1.78 bits per heavy atom. The highest BCUT2D eigenvalue weighted by Gasteiger charge is 2.10. The van der Waals surface area contributed by atoms with Gasteiger partial charge in [0.05, 0.1) is 7.11 Å². The molecular formula is C21H24N2O4. The van der Waals surface area contributed by atoms with Gasteiger partial charge in [0.2, 0.25) is 0 Å². The van der Waals surface area contributed by atoms with Crippen LogP contribution in [0.1, 0.15) is 22.8 Å². The molecule has 2 aromatic carbocycles. The van der Waals surface area contributed by atoms with Gasteiger partial charge in [0.1, 0.15) is 0 Å². The number of allylic oxidation sites excluding steroid dienone is 1. The Bertz CT molecular complexity index is 827. The van der Waals surface area contributed by atoms with Crippen molar-refractivity contribution in [1.29, 1.82) is 0 Å². The van der Waals surface area contributed by atoms with E-state index in [2.05, 4.69) is 5.32 Å². The molecule has 0 heterocycles. The van der Waals surface area contributed by atoms with Crippen LogP contribution in [-0.4, -0.2) is 44.5 Å². The smallest absolute Gasteiger partial charge is 0.262 e. The average Bonchev–Trinajstić information content (AvgIpc) is 2.67. The summed E-state index contributed by atoms with van der Waals surface area (Å²) in [5.41, 5.74) is 2.13. The Morgan fingerprint density at radius 3 is 2.37 bits per heavy atom. The van der Waals surface area contributed by atoms with Crippen LogP contribution in [-0.2, 0) is 4.79 Å². The van der Waals surface area contributed by atoms with Crippen LogP contribution in [0.2, 0.25) is 0 Å². The van der Waals surface area contributed by atoms with Crippen LogP contribution in [0.3, 0.4) is 0 Å². The molecule has 6 heteroatoms. The van der Waals surface area contributed by atoms with Crippen LogP contribution in [0, 0.1) is 0 Å². The molecule has 0 bridgehead atoms. The number of anilines is 1. The zero-order valence-corrected chi connectivity index (χ0v) is 16.0. The predicted octanol–water partition coefficient (Wildman–Crippen LogP) is 3.45. The highest BCUT2D eigenvalue weighted by atomic mass is 16.5. The maximum Gasteiger partial charge on any atom is 0.262 e. The van der Waals surface area contributed by atoms with Crippen LogP contribution in [0.5, 0.6) is 11.5 Å². The first-order valence-electron chi connectivity index (χ1n) is 8.49. The van der Waals surface area contributed by atoms with Gasteiger partial charge in [-0.2, -0.15) is 0 Å². The molecule has 2 amide bonds. The highest BCUT2D eigenvalue weighted by molar-refractivity contribution is 5.95. The molecule has 6 nitrogen and oxygen atoms in total. The summed E-state index contributed by atoms with van der Waals surface area (Å²) in [6.45, 7) is 1.78. The summed E-state index contributed by atoms with van der Waals surface area (Å²) in [6, 6.07) is 12.2. The first kappa shape index (κ1) is 20.0. The van der Waals surface area contributed by atoms with E-state index in [-0.39, 0.29) is 18.4 Å². The molecule has 0 aliphatic rings. The quantitative estimate of drug-likeness (QED) is 0.813. The maximum absolute atomic E-state index is 12.1. The number of carbonyl (C=O) groups excluding carboxylic acids is 2. The fraction of sp³-hybridized carbons (Fsp3) is 0.238. The molecule has 0 aliphatic heterocycles. The Labute approximate surface area is 159 Å². The molecule has 0 saturated heterocycles. The van der Waals surface area contributed by atoms with Crippen LogP contribution < -0.4 is 14.8 Å². The molecule has 0 aliphatic carbocycles. The van der Waals surface area contributed by atoms with Crippen molar-refractivity contribution in [3.8, 4) is 11.5 Å². The van der Waals surface area contributed by atoms with Crippen molar-refractivity contribution in [2.75, 3.05) is 33.1 Å². The number of nitrogens with zero attached hydrogens (tertiary/aromatic N) is 1. The fourth-order valence-electron chi connectivity index (χ4n) is 2.39. The number of hydrogen-bond donors (Lipinski definition) is 1. The number of hydrogen-bond acceptors (Lipinski definition) is 4. The van der Waals surface area contributed by atoms with Crippen LogP contribution in [0.25, 0.3) is 6.08 Å². The SMILES string of the molecule is C/C=C/c1ccc(OCC(=O)Nc2ccc(C(=O)N(C)C)cc2)c(OC)c1. The van der Waals surface area contributed by atoms with E-state index >= 15 is 0 Å². The van der Waals surface area contributed by atoms with Gasteiger partial charge >= 0.3 is 0 Å². The Morgan fingerprint density at radius 1 is 1.07 bits per heavy atom. The molecular weight excluding hydrogens is 344 g/mol. The molecule has 142 valence electrons. The molecule has 0 atom stereocenters. The van der Waals surface area contributed by atoms with E-state index in [0.29, 0.717) is 22.7 Å². The second-order valence-corrected chi connectivity index (χ2v) is 6.02. The number of benzene rings is 2. The van der Waals surface area contributed by atoms with Crippen molar-refractivity contribution in [3.63, 3.8) is 0 Å². The van der Waals surface area contributed by atoms with E-state index < -0.39 is 0 Å². The fourth-order valence-corrected chi connectivity index (χ4v) is 2.39. The first-order valence-corrected chi connectivity index (χ1v) is 8.49. The predicted molar refractivity (Wildman–Crippen MR) is 106 cm³/mol. The number of rotatable bonds is 7. The molecule has 0 fully saturated rings. The summed E-state index contributed by atoms with van der Waals surface area (Å²) < 4.78 is 10.9. The summed E-state index contributed by atoms with van der Waals surface area (Å²) in [4.78, 5) is 25.5. The lowest BCUT2D eigenvalue weighted by molar-refractivity contribution is -0.118. The topological polar surface area (TPSA) is 67.9 Å². The maximum atomic E-state index is 12.1. The molecule has 0 saturated carbocycles. The normalized spacial score (nSPS) is 10.5. The van der Waals surface area contributed by atoms with Gasteiger partial charge in [-0.3, -0.25) is 9.59 Å². The monoisotopic (exact) mass is 368 g/mol. The Hall–Kier alpha value is -3.28. The minimum absolute atomic E-state index is 0.0929. The minimum atomic E-state index is -0.304. The van der Waals surface area contributed by atoms with Gasteiger partial charge in [-0.1, -0.05) is 18.2 Å². The van der Waals surface area contributed by atoms with Crippen LogP contribution in [0.4, 0.5) is 5.69 Å². The lowest BCUT2D eigenvalue weighted by Gasteiger charge is -2.12. The number of nitrogens with one attached hydrogen (secondary N) is 1. The zero-order valence-electron chi connectivity index (χ0n) is 16.0. The molecule has 0 spiro atoms. The lowest BCUT2D eigenvalue weighted by atomic mass is 10.2. The van der Waals surface area contributed by atoms with Gasteiger partial charge < -0.3 is 19.7 Å². The van der Waals surface area contributed by atoms with Gasteiger partial charge in [0.25, 0.3) is 11.8 Å². The second kappa shape index (κ2) is 9.43. The minimum Gasteiger partial charge on any atom is -0.493 e. The second-order valence-electron chi connectivity index (χ2n) is 6.02. The average molecular weight is 368 g/mol. The molecule has 2 aromatic rings. The van der Waals surface area contributed by atoms with E-state index in [1.54, 1.807) is 51.5 Å². The Balaban J connectivity index is 1.95. The summed E-state index contributed by atoms with van der Waals surface area (Å²) in [7, 11) is 4.93. The Kier molecular flexibility index (Phi) is 7.00. The van der Waals surface area contributed by atoms with Crippen molar-refractivity contribution < 1.29 is 19.1 Å². The third kappa shape index (κ3) is 5.60. The third-order valence-corrected chi connectivity index (χ3v) is 3.73. The van der Waals surface area contributed by atoms with Crippen molar-refractivity contribution in [3.05, 3.63) is 59.7 Å². The van der Waals surface area contributed by atoms with E-state index in [1.165, 1.54) is 4.90 Å². The summed E-state index contributed by atoms with van der Waals surface area (Å²) in [5.74, 6) is 0.656. The lowest BCUT2D eigenvalue weighted by Crippen LogP contribution is -2.22. The van der Waals surface area contributed by atoms with Gasteiger partial charge in [0.15, 0.2) is 18.1 Å². The summed E-state index contributed by atoms with van der Waals surface area (Å²) in [6.07, 6.45) is 3.88. The van der Waals surface area contributed by atoms with Crippen LogP contribution >= 0.6 is 0 Å². The molecule has 27 heavy (non-hydrogen) atoms. The van der Waals surface area contributed by atoms with Crippen molar-refractivity contribution >= 4 is 23.6 Å². The van der Waals surface area contributed by atoms with Crippen molar-refractivity contribution in [2.24, 2.45) is 0 Å². The van der Waals surface area contributed by atoms with E-state index in [0.717, 1.165) is 5.56 Å². The van der Waals surface area contributed by atoms with E-state index in [9.17, 15) is 9.59 Å². The molecule has 0 aromatic heterocycles. The summed E-state index contributed by atoms with van der Waals surface area (Å²) >= 11 is 0. The van der Waals surface area contributed by atoms with E-state index in [4.69, 9.17) is 9.47 Å². The number of carbonyl (C=O) groups is 2. The first-order chi connectivity index (χ1) is 12.9. The van der Waals surface area contributed by atoms with Gasteiger partial charge in [-0.05, 0) is 48.9 Å². The standard InChI is InChI=1S/C21H24N2O4/c1-5-6-15-7-12-18(19(13-15)26-4)27-14-20(24)22-17-10-8-16(9-11-17)21(25)23(2)3/h5-13H,14H2,1-4H3,(H,22,24)/b6-5+. The van der Waals surface area contributed by atoms with Crippen LogP contribution in [0.15, 0.2) is 48.5 Å². The van der Waals surface area contributed by atoms with Gasteiger partial charge in [0, 0.05) is 25.3 Å². The van der Waals surface area contributed by atoms with Gasteiger partial charge in [-0.15, -0.1) is 0 Å². The zero-order chi connectivity index (χ0) is 19.8. The number of amides is 2.